The van der Waals surface area contributed by atoms with Crippen LogP contribution in [-0.2, 0) is 14.3 Å². The summed E-state index contributed by atoms with van der Waals surface area (Å²) < 4.78 is 21.6. The van der Waals surface area contributed by atoms with E-state index in [0.717, 1.165) is 31.2 Å². The number of esters is 1. The van der Waals surface area contributed by atoms with Gasteiger partial charge in [-0.1, -0.05) is 0 Å². The zero-order valence-corrected chi connectivity index (χ0v) is 17.9. The average molecular weight is 492 g/mol. The Hall–Kier alpha value is -4.20. The Bertz CT molecular complexity index is 1340. The average Bonchev–Trinajstić information content (AvgIpc) is 3.06. The number of rotatable bonds is 5. The highest BCUT2D eigenvalue weighted by Crippen LogP contribution is 2.43. The zero-order chi connectivity index (χ0) is 25.6. The lowest BCUT2D eigenvalue weighted by molar-refractivity contribution is -0.153. The highest BCUT2D eigenvalue weighted by molar-refractivity contribution is 5.88. The van der Waals surface area contributed by atoms with E-state index < -0.39 is 88.3 Å². The van der Waals surface area contributed by atoms with Gasteiger partial charge in [0.1, 0.15) is 28.6 Å². The molecule has 35 heavy (non-hydrogen) atoms. The number of aliphatic hydroxyl groups excluding tert-OH is 2. The van der Waals surface area contributed by atoms with Crippen LogP contribution >= 0.6 is 0 Å². The number of hydrogen-bond acceptors (Lipinski definition) is 13. The van der Waals surface area contributed by atoms with Gasteiger partial charge in [0, 0.05) is 24.6 Å². The van der Waals surface area contributed by atoms with Gasteiger partial charge >= 0.3 is 5.97 Å². The van der Waals surface area contributed by atoms with Crippen LogP contribution in [0, 0.1) is 0 Å². The summed E-state index contributed by atoms with van der Waals surface area (Å²) in [6, 6.07) is 3.75. The van der Waals surface area contributed by atoms with Crippen molar-refractivity contribution in [1.29, 1.82) is 0 Å². The molecule has 0 bridgehead atoms. The first kappa shape index (κ1) is 23.9. The lowest BCUT2D eigenvalue weighted by atomic mass is 10.1. The number of phenols is 5. The molecule has 1 fully saturated rings. The largest absolute Gasteiger partial charge is 0.508 e. The van der Waals surface area contributed by atoms with Crippen LogP contribution in [0.25, 0.3) is 22.3 Å². The summed E-state index contributed by atoms with van der Waals surface area (Å²) in [5, 5.41) is 69.2. The molecule has 0 radical (unpaired) electrons. The summed E-state index contributed by atoms with van der Waals surface area (Å²) in [5.74, 6) is -5.42. The lowest BCUT2D eigenvalue weighted by Gasteiger charge is -2.20. The number of carbonyl (C=O) groups excluding carboxylic acids is 1. The summed E-state index contributed by atoms with van der Waals surface area (Å²) in [7, 11) is 0. The van der Waals surface area contributed by atoms with E-state index in [4.69, 9.17) is 18.6 Å². The summed E-state index contributed by atoms with van der Waals surface area (Å²) in [4.78, 5) is 24.7. The second-order valence-electron chi connectivity index (χ2n) is 7.70. The van der Waals surface area contributed by atoms with E-state index in [1.807, 2.05) is 0 Å². The first-order valence-corrected chi connectivity index (χ1v) is 10.1. The van der Waals surface area contributed by atoms with Crippen LogP contribution in [-0.4, -0.2) is 72.9 Å². The summed E-state index contributed by atoms with van der Waals surface area (Å²) >= 11 is 0. The first-order valence-electron chi connectivity index (χ1n) is 10.1. The van der Waals surface area contributed by atoms with Gasteiger partial charge in [0.25, 0.3) is 0 Å². The van der Waals surface area contributed by atoms with E-state index in [0.29, 0.717) is 0 Å². The van der Waals surface area contributed by atoms with Crippen molar-refractivity contribution in [2.75, 3.05) is 6.61 Å². The first-order chi connectivity index (χ1) is 16.5. The van der Waals surface area contributed by atoms with Crippen molar-refractivity contribution < 1.29 is 59.2 Å². The van der Waals surface area contributed by atoms with E-state index >= 15 is 0 Å². The van der Waals surface area contributed by atoms with Gasteiger partial charge in [0.2, 0.25) is 17.5 Å². The molecule has 0 amide bonds. The predicted molar refractivity (Wildman–Crippen MR) is 114 cm³/mol. The molecule has 0 spiro atoms. The number of carbonyl (C=O) groups is 1. The van der Waals surface area contributed by atoms with Crippen molar-refractivity contribution in [2.24, 2.45) is 0 Å². The Balaban J connectivity index is 1.89. The normalized spacial score (nSPS) is 21.8. The number of ether oxygens (including phenoxy) is 3. The Morgan fingerprint density at radius 3 is 2.29 bits per heavy atom. The van der Waals surface area contributed by atoms with E-state index in [2.05, 4.69) is 0 Å². The van der Waals surface area contributed by atoms with Crippen LogP contribution in [0.4, 0.5) is 0 Å². The minimum absolute atomic E-state index is 0.183. The molecule has 1 aliphatic heterocycles. The molecule has 1 aliphatic rings. The van der Waals surface area contributed by atoms with Gasteiger partial charge in [-0.2, -0.15) is 0 Å². The minimum Gasteiger partial charge on any atom is -0.508 e. The van der Waals surface area contributed by atoms with Gasteiger partial charge in [0.15, 0.2) is 35.2 Å². The third-order valence-corrected chi connectivity index (χ3v) is 5.26. The topological polar surface area (TPSA) is 217 Å². The maximum Gasteiger partial charge on any atom is 0.303 e. The van der Waals surface area contributed by atoms with E-state index in [1.54, 1.807) is 0 Å². The van der Waals surface area contributed by atoms with Crippen molar-refractivity contribution >= 4 is 16.9 Å². The fourth-order valence-corrected chi connectivity index (χ4v) is 3.70. The van der Waals surface area contributed by atoms with Gasteiger partial charge in [-0.25, -0.2) is 0 Å². The number of hydrogen-bond donors (Lipinski definition) is 7. The van der Waals surface area contributed by atoms with Gasteiger partial charge < -0.3 is 54.4 Å². The van der Waals surface area contributed by atoms with E-state index in [-0.39, 0.29) is 11.1 Å². The summed E-state index contributed by atoms with van der Waals surface area (Å²) in [6.45, 7) is 0.404. The summed E-state index contributed by atoms with van der Waals surface area (Å²) in [5.41, 5.74) is -1.49. The second-order valence-corrected chi connectivity index (χ2v) is 7.70. The van der Waals surface area contributed by atoms with Gasteiger partial charge in [-0.15, -0.1) is 0 Å². The van der Waals surface area contributed by atoms with Crippen molar-refractivity contribution in [3.8, 4) is 45.8 Å². The van der Waals surface area contributed by atoms with Gasteiger partial charge in [0.05, 0.1) is 6.61 Å². The molecule has 7 N–H and O–H groups in total. The van der Waals surface area contributed by atoms with Crippen molar-refractivity contribution in [3.63, 3.8) is 0 Å². The van der Waals surface area contributed by atoms with E-state index in [9.17, 15) is 45.3 Å². The molecule has 2 heterocycles. The SMILES string of the molecule is CC(=O)OC1[C@@H](CO)O[C@H](Oc2c(-c3cc(O)c(O)c(O)c3)oc3cc(O)cc(O)c3c2=O)[C@H]1O. The Labute approximate surface area is 195 Å². The maximum atomic E-state index is 13.3. The molecule has 4 rings (SSSR count). The molecule has 1 unspecified atom stereocenters. The molecule has 4 atom stereocenters. The fraction of sp³-hybridized carbons (Fsp3) is 0.273. The predicted octanol–water partition coefficient (Wildman–Crippen LogP) is 0.377. The van der Waals surface area contributed by atoms with Crippen LogP contribution in [0.1, 0.15) is 6.92 Å². The molecule has 2 aromatic carbocycles. The maximum absolute atomic E-state index is 13.3. The molecule has 186 valence electrons. The number of aromatic hydroxyl groups is 5. The lowest BCUT2D eigenvalue weighted by Crippen LogP contribution is -2.39. The molecule has 1 saturated heterocycles. The van der Waals surface area contributed by atoms with Gasteiger partial charge in [-0.05, 0) is 12.1 Å². The Morgan fingerprint density at radius 2 is 1.69 bits per heavy atom. The highest BCUT2D eigenvalue weighted by Gasteiger charge is 2.48. The molecule has 3 aromatic rings. The highest BCUT2D eigenvalue weighted by atomic mass is 16.7. The van der Waals surface area contributed by atoms with Crippen LogP contribution in [0.3, 0.4) is 0 Å². The molecule has 13 heteroatoms. The number of fused-ring (bicyclic) bond motifs is 1. The fourth-order valence-electron chi connectivity index (χ4n) is 3.70. The molecule has 1 aromatic heterocycles. The van der Waals surface area contributed by atoms with E-state index in [1.165, 1.54) is 0 Å². The quantitative estimate of drug-likeness (QED) is 0.189. The molecular weight excluding hydrogens is 472 g/mol. The molecule has 13 nitrogen and oxygen atoms in total. The smallest absolute Gasteiger partial charge is 0.303 e. The van der Waals surface area contributed by atoms with Crippen molar-refractivity contribution in [2.45, 2.75) is 31.5 Å². The Kier molecular flexibility index (Phi) is 6.06. The monoisotopic (exact) mass is 492 g/mol. The Morgan fingerprint density at radius 1 is 1.03 bits per heavy atom. The third kappa shape index (κ3) is 4.23. The number of aliphatic hydroxyl groups is 2. The third-order valence-electron chi connectivity index (χ3n) is 5.26. The van der Waals surface area contributed by atoms with Crippen LogP contribution in [0.15, 0.2) is 33.5 Å². The van der Waals surface area contributed by atoms with Crippen LogP contribution in [0.5, 0.6) is 34.5 Å². The number of phenolic OH excluding ortho intramolecular Hbond substituents is 5. The molecule has 0 saturated carbocycles. The van der Waals surface area contributed by atoms with Crippen molar-refractivity contribution in [3.05, 3.63) is 34.5 Å². The number of benzene rings is 2. The summed E-state index contributed by atoms with van der Waals surface area (Å²) in [6.07, 6.45) is -5.89. The van der Waals surface area contributed by atoms with Crippen LogP contribution < -0.4 is 10.2 Å². The van der Waals surface area contributed by atoms with Crippen LogP contribution in [0.2, 0.25) is 0 Å². The minimum atomic E-state index is -1.67. The standard InChI is InChI=1S/C22H20O13/c1-7(24)32-20-14(6-23)34-22(18(20)31)35-21-17(30)15-10(26)4-9(25)5-13(15)33-19(21)8-2-11(27)16(29)12(28)3-8/h2-5,14,18,20,22-23,25-29,31H,6H2,1H3/t14-,18+,20?,22-/m1/s1. The van der Waals surface area contributed by atoms with Gasteiger partial charge in [-0.3, -0.25) is 9.59 Å². The molecular formula is C22H20O13. The van der Waals surface area contributed by atoms with Crippen molar-refractivity contribution in [1.82, 2.24) is 0 Å². The second kappa shape index (κ2) is 8.87. The zero-order valence-electron chi connectivity index (χ0n) is 17.9. The molecule has 0 aliphatic carbocycles.